The molecule has 0 radical (unpaired) electrons. The van der Waals surface area contributed by atoms with Crippen molar-refractivity contribution in [3.8, 4) is 0 Å². The summed E-state index contributed by atoms with van der Waals surface area (Å²) in [5, 5.41) is 26.4. The van der Waals surface area contributed by atoms with Gasteiger partial charge < -0.3 is 26.2 Å². The van der Waals surface area contributed by atoms with Gasteiger partial charge in [-0.1, -0.05) is 0 Å². The first-order valence-electron chi connectivity index (χ1n) is 9.24. The van der Waals surface area contributed by atoms with Crippen molar-refractivity contribution in [2.45, 2.75) is 0 Å². The minimum absolute atomic E-state index is 0.0125. The van der Waals surface area contributed by atoms with Crippen LogP contribution in [0.15, 0.2) is 18.2 Å². The standard InChI is InChI=1S/C16H21N7O9S2/c1-33(28,29)19-3-2-17-14-21-15(18-4-5-34(30,31)32)23-16(22-14)20-11-7-9(12(24)25)6-10(8-11)13(26)27/h6-8,19H,2-5H2,1H3,(H,24,25)(H,26,27)(H,30,31,32)(H3,17,18,20,21,22,23). The predicted octanol–water partition coefficient (Wildman–Crippen LogP) is -0.728. The molecule has 1 aromatic carbocycles. The number of aromatic carboxylic acids is 2. The number of nitrogens with zero attached hydrogens (tertiary/aromatic N) is 3. The monoisotopic (exact) mass is 519 g/mol. The van der Waals surface area contributed by atoms with Crippen LogP contribution in [0, 0.1) is 0 Å². The largest absolute Gasteiger partial charge is 0.478 e. The molecule has 0 aliphatic rings. The first-order chi connectivity index (χ1) is 15.7. The van der Waals surface area contributed by atoms with E-state index in [2.05, 4.69) is 35.6 Å². The fourth-order valence-corrected chi connectivity index (χ4v) is 3.20. The van der Waals surface area contributed by atoms with Gasteiger partial charge in [-0.15, -0.1) is 0 Å². The number of sulfonamides is 1. The molecule has 7 N–H and O–H groups in total. The molecule has 0 saturated heterocycles. The summed E-state index contributed by atoms with van der Waals surface area (Å²) in [6, 6.07) is 3.26. The third kappa shape index (κ3) is 9.48. The maximum absolute atomic E-state index is 11.3. The zero-order chi connectivity index (χ0) is 25.5. The number of benzene rings is 1. The third-order valence-electron chi connectivity index (χ3n) is 3.73. The molecule has 16 nitrogen and oxygen atoms in total. The number of carboxylic acid groups (broad SMARTS) is 2. The molecule has 0 bridgehead atoms. The Hall–Kier alpha value is -3.61. The molecular formula is C16H21N7O9S2. The minimum Gasteiger partial charge on any atom is -0.478 e. The van der Waals surface area contributed by atoms with Gasteiger partial charge in [0.1, 0.15) is 0 Å². The highest BCUT2D eigenvalue weighted by Gasteiger charge is 2.14. The minimum atomic E-state index is -4.26. The first-order valence-corrected chi connectivity index (χ1v) is 12.7. The van der Waals surface area contributed by atoms with Gasteiger partial charge in [0.25, 0.3) is 10.1 Å². The molecular weight excluding hydrogens is 498 g/mol. The lowest BCUT2D eigenvalue weighted by atomic mass is 10.1. The molecule has 18 heteroatoms. The molecule has 34 heavy (non-hydrogen) atoms. The van der Waals surface area contributed by atoms with Crippen molar-refractivity contribution in [1.82, 2.24) is 19.7 Å². The van der Waals surface area contributed by atoms with Gasteiger partial charge in [-0.2, -0.15) is 23.4 Å². The van der Waals surface area contributed by atoms with Crippen molar-refractivity contribution in [3.63, 3.8) is 0 Å². The second-order valence-corrected chi connectivity index (χ2v) is 10.1. The highest BCUT2D eigenvalue weighted by atomic mass is 32.2. The molecule has 0 atom stereocenters. The normalized spacial score (nSPS) is 11.6. The lowest BCUT2D eigenvalue weighted by Gasteiger charge is -2.12. The highest BCUT2D eigenvalue weighted by molar-refractivity contribution is 7.88. The number of carbonyl (C=O) groups is 2. The van der Waals surface area contributed by atoms with E-state index in [-0.39, 0.29) is 54.3 Å². The van der Waals surface area contributed by atoms with E-state index in [4.69, 9.17) is 4.55 Å². The average molecular weight is 520 g/mol. The van der Waals surface area contributed by atoms with E-state index in [0.717, 1.165) is 24.5 Å². The Labute approximate surface area is 193 Å². The zero-order valence-corrected chi connectivity index (χ0v) is 19.1. The summed E-state index contributed by atoms with van der Waals surface area (Å²) in [6.45, 7) is -0.227. The van der Waals surface area contributed by atoms with Gasteiger partial charge in [-0.25, -0.2) is 22.7 Å². The van der Waals surface area contributed by atoms with Crippen LogP contribution >= 0.6 is 0 Å². The van der Waals surface area contributed by atoms with Gasteiger partial charge in [0.05, 0.1) is 23.1 Å². The summed E-state index contributed by atoms with van der Waals surface area (Å²) in [5.41, 5.74) is -0.599. The second-order valence-electron chi connectivity index (χ2n) is 6.65. The predicted molar refractivity (Wildman–Crippen MR) is 120 cm³/mol. The maximum atomic E-state index is 11.3. The molecule has 0 fully saturated rings. The van der Waals surface area contributed by atoms with E-state index in [9.17, 15) is 36.6 Å². The van der Waals surface area contributed by atoms with Crippen LogP contribution in [0.2, 0.25) is 0 Å². The summed E-state index contributed by atoms with van der Waals surface area (Å²) in [6.07, 6.45) is 0.978. The van der Waals surface area contributed by atoms with E-state index in [1.165, 1.54) is 0 Å². The maximum Gasteiger partial charge on any atom is 0.335 e. The van der Waals surface area contributed by atoms with E-state index in [1.807, 2.05) is 0 Å². The Morgan fingerprint density at radius 3 is 1.79 bits per heavy atom. The van der Waals surface area contributed by atoms with Crippen LogP contribution in [0.3, 0.4) is 0 Å². The summed E-state index contributed by atoms with van der Waals surface area (Å²) in [4.78, 5) is 34.6. The lowest BCUT2D eigenvalue weighted by Crippen LogP contribution is -2.28. The van der Waals surface area contributed by atoms with Crippen molar-refractivity contribution in [2.75, 3.05) is 47.6 Å². The number of nitrogens with one attached hydrogen (secondary N) is 4. The van der Waals surface area contributed by atoms with Gasteiger partial charge in [0, 0.05) is 25.3 Å². The number of carboxylic acids is 2. The topological polar surface area (TPSA) is 250 Å². The Kier molecular flexibility index (Phi) is 8.62. The van der Waals surface area contributed by atoms with Crippen molar-refractivity contribution < 1.29 is 41.2 Å². The summed E-state index contributed by atoms with van der Waals surface area (Å²) >= 11 is 0. The molecule has 0 spiro atoms. The molecule has 2 rings (SSSR count). The smallest absolute Gasteiger partial charge is 0.335 e. The van der Waals surface area contributed by atoms with Crippen LogP contribution in [0.4, 0.5) is 23.5 Å². The molecule has 1 heterocycles. The summed E-state index contributed by atoms with van der Waals surface area (Å²) < 4.78 is 55.2. The average Bonchev–Trinajstić information content (AvgIpc) is 2.69. The van der Waals surface area contributed by atoms with Crippen molar-refractivity contribution >= 4 is 55.6 Å². The molecule has 0 amide bonds. The molecule has 0 aliphatic carbocycles. The van der Waals surface area contributed by atoms with Crippen molar-refractivity contribution in [1.29, 1.82) is 0 Å². The lowest BCUT2D eigenvalue weighted by molar-refractivity contribution is 0.0696. The molecule has 2 aromatic rings. The van der Waals surface area contributed by atoms with Crippen molar-refractivity contribution in [3.05, 3.63) is 29.3 Å². The summed E-state index contributed by atoms with van der Waals surface area (Å²) in [7, 11) is -7.69. The number of rotatable bonds is 13. The quantitative estimate of drug-likeness (QED) is 0.127. The van der Waals surface area contributed by atoms with E-state index < -0.39 is 37.8 Å². The van der Waals surface area contributed by atoms with E-state index in [0.29, 0.717) is 0 Å². The van der Waals surface area contributed by atoms with Gasteiger partial charge in [0.2, 0.25) is 27.9 Å². The van der Waals surface area contributed by atoms with E-state index >= 15 is 0 Å². The fraction of sp³-hybridized carbons (Fsp3) is 0.312. The zero-order valence-electron chi connectivity index (χ0n) is 17.5. The number of aromatic nitrogens is 3. The molecule has 0 aliphatic heterocycles. The van der Waals surface area contributed by atoms with E-state index in [1.54, 1.807) is 0 Å². The molecule has 1 aromatic heterocycles. The Morgan fingerprint density at radius 1 is 0.824 bits per heavy atom. The Balaban J connectivity index is 2.30. The Morgan fingerprint density at radius 2 is 1.32 bits per heavy atom. The van der Waals surface area contributed by atoms with Crippen LogP contribution in [-0.4, -0.2) is 90.1 Å². The van der Waals surface area contributed by atoms with Gasteiger partial charge in [-0.3, -0.25) is 4.55 Å². The van der Waals surface area contributed by atoms with Crippen LogP contribution in [0.1, 0.15) is 20.7 Å². The number of hydrogen-bond acceptors (Lipinski definition) is 12. The SMILES string of the molecule is CS(=O)(=O)NCCNc1nc(NCCS(=O)(=O)O)nc(Nc2cc(C(=O)O)cc(C(=O)O)c2)n1. The molecule has 186 valence electrons. The molecule has 0 saturated carbocycles. The fourth-order valence-electron chi connectivity index (χ4n) is 2.37. The van der Waals surface area contributed by atoms with Gasteiger partial charge >= 0.3 is 11.9 Å². The van der Waals surface area contributed by atoms with Gasteiger partial charge in [0.15, 0.2) is 0 Å². The van der Waals surface area contributed by atoms with Crippen LogP contribution in [0.25, 0.3) is 0 Å². The van der Waals surface area contributed by atoms with Gasteiger partial charge in [-0.05, 0) is 18.2 Å². The van der Waals surface area contributed by atoms with Crippen molar-refractivity contribution in [2.24, 2.45) is 0 Å². The molecule has 0 unspecified atom stereocenters. The third-order valence-corrected chi connectivity index (χ3v) is 5.18. The number of hydrogen-bond donors (Lipinski definition) is 7. The summed E-state index contributed by atoms with van der Waals surface area (Å²) in [5.74, 6) is -3.78. The number of anilines is 4. The first kappa shape index (κ1) is 26.6. The van der Waals surface area contributed by atoms with Crippen LogP contribution in [0.5, 0.6) is 0 Å². The van der Waals surface area contributed by atoms with Crippen LogP contribution < -0.4 is 20.7 Å². The second kappa shape index (κ2) is 11.0. The highest BCUT2D eigenvalue weighted by Crippen LogP contribution is 2.20. The van der Waals surface area contributed by atoms with Crippen LogP contribution in [-0.2, 0) is 20.1 Å². The Bertz CT molecular complexity index is 1250.